The third-order valence-corrected chi connectivity index (χ3v) is 3.34. The van der Waals surface area contributed by atoms with Crippen LogP contribution in [0, 0.1) is 0 Å². The second-order valence-corrected chi connectivity index (χ2v) is 4.36. The molecule has 0 aliphatic heterocycles. The van der Waals surface area contributed by atoms with Crippen LogP contribution in [0.5, 0.6) is 0 Å². The van der Waals surface area contributed by atoms with E-state index >= 15 is 0 Å². The van der Waals surface area contributed by atoms with Crippen LogP contribution in [0.15, 0.2) is 18.5 Å². The van der Waals surface area contributed by atoms with E-state index in [0.29, 0.717) is 5.92 Å². The zero-order valence-electron chi connectivity index (χ0n) is 8.12. The highest BCUT2D eigenvalue weighted by Gasteiger charge is 2.24. The summed E-state index contributed by atoms with van der Waals surface area (Å²) in [4.78, 5) is 3.99. The van der Waals surface area contributed by atoms with E-state index in [-0.39, 0.29) is 6.04 Å². The van der Waals surface area contributed by atoms with E-state index in [2.05, 4.69) is 4.98 Å². The first-order valence-electron chi connectivity index (χ1n) is 5.14. The quantitative estimate of drug-likeness (QED) is 0.774. The third-order valence-electron chi connectivity index (χ3n) is 3.02. The van der Waals surface area contributed by atoms with Crippen LogP contribution in [0.2, 0.25) is 5.02 Å². The van der Waals surface area contributed by atoms with Crippen molar-refractivity contribution in [2.75, 3.05) is 0 Å². The third kappa shape index (κ3) is 1.91. The lowest BCUT2D eigenvalue weighted by Gasteiger charge is -2.29. The minimum absolute atomic E-state index is 0.267. The van der Waals surface area contributed by atoms with Crippen molar-refractivity contribution in [2.24, 2.45) is 5.73 Å². The molecule has 1 aromatic rings. The van der Waals surface area contributed by atoms with Crippen molar-refractivity contribution in [1.82, 2.24) is 4.98 Å². The van der Waals surface area contributed by atoms with Crippen molar-refractivity contribution in [3.8, 4) is 0 Å². The largest absolute Gasteiger partial charge is 0.327 e. The molecule has 2 rings (SSSR count). The molecule has 1 aliphatic rings. The molecule has 3 heteroatoms. The van der Waals surface area contributed by atoms with E-state index in [0.717, 1.165) is 17.9 Å². The monoisotopic (exact) mass is 210 g/mol. The van der Waals surface area contributed by atoms with Crippen molar-refractivity contribution in [3.63, 3.8) is 0 Å². The fourth-order valence-corrected chi connectivity index (χ4v) is 2.49. The molecule has 1 aromatic heterocycles. The SMILES string of the molecule is NC1CCCCC1c1ccncc1Cl. The Morgan fingerprint density at radius 2 is 2.14 bits per heavy atom. The van der Waals surface area contributed by atoms with Crippen LogP contribution in [0.25, 0.3) is 0 Å². The number of nitrogens with two attached hydrogens (primary N) is 1. The molecule has 0 aromatic carbocycles. The topological polar surface area (TPSA) is 38.9 Å². The molecule has 2 nitrogen and oxygen atoms in total. The normalized spacial score (nSPS) is 27.6. The van der Waals surface area contributed by atoms with E-state index in [1.807, 2.05) is 6.07 Å². The molecular formula is C11H15ClN2. The van der Waals surface area contributed by atoms with Crippen molar-refractivity contribution in [2.45, 2.75) is 37.6 Å². The van der Waals surface area contributed by atoms with Crippen LogP contribution >= 0.6 is 11.6 Å². The maximum atomic E-state index is 6.10. The van der Waals surface area contributed by atoms with Crippen molar-refractivity contribution < 1.29 is 0 Å². The summed E-state index contributed by atoms with van der Waals surface area (Å²) in [7, 11) is 0. The highest BCUT2D eigenvalue weighted by atomic mass is 35.5. The smallest absolute Gasteiger partial charge is 0.0624 e. The van der Waals surface area contributed by atoms with Crippen LogP contribution in [-0.4, -0.2) is 11.0 Å². The lowest BCUT2D eigenvalue weighted by atomic mass is 9.81. The van der Waals surface area contributed by atoms with Gasteiger partial charge in [-0.2, -0.15) is 0 Å². The van der Waals surface area contributed by atoms with Gasteiger partial charge < -0.3 is 5.73 Å². The summed E-state index contributed by atoms with van der Waals surface area (Å²) in [6.07, 6.45) is 8.28. The van der Waals surface area contributed by atoms with Gasteiger partial charge in [-0.1, -0.05) is 24.4 Å². The summed E-state index contributed by atoms with van der Waals surface area (Å²) in [5.74, 6) is 0.430. The minimum Gasteiger partial charge on any atom is -0.327 e. The Balaban J connectivity index is 2.25. The van der Waals surface area contributed by atoms with E-state index in [9.17, 15) is 0 Å². The van der Waals surface area contributed by atoms with Crippen molar-refractivity contribution >= 4 is 11.6 Å². The molecule has 2 unspecified atom stereocenters. The molecule has 0 saturated heterocycles. The maximum absolute atomic E-state index is 6.10. The molecule has 0 spiro atoms. The Morgan fingerprint density at radius 1 is 1.36 bits per heavy atom. The van der Waals surface area contributed by atoms with Gasteiger partial charge in [-0.25, -0.2) is 0 Å². The molecule has 1 fully saturated rings. The van der Waals surface area contributed by atoms with Gasteiger partial charge in [0.1, 0.15) is 0 Å². The number of nitrogens with zero attached hydrogens (tertiary/aromatic N) is 1. The summed E-state index contributed by atoms with van der Waals surface area (Å²) < 4.78 is 0. The van der Waals surface area contributed by atoms with E-state index in [4.69, 9.17) is 17.3 Å². The van der Waals surface area contributed by atoms with E-state index in [1.54, 1.807) is 12.4 Å². The predicted molar refractivity (Wildman–Crippen MR) is 58.4 cm³/mol. The Kier molecular flexibility index (Phi) is 3.04. The highest BCUT2D eigenvalue weighted by molar-refractivity contribution is 6.31. The summed E-state index contributed by atoms with van der Waals surface area (Å²) >= 11 is 6.10. The van der Waals surface area contributed by atoms with Crippen molar-refractivity contribution in [1.29, 1.82) is 0 Å². The first kappa shape index (κ1) is 9.94. The molecule has 1 aliphatic carbocycles. The summed E-state index contributed by atoms with van der Waals surface area (Å²) in [6, 6.07) is 2.27. The van der Waals surface area contributed by atoms with Gasteiger partial charge in [-0.3, -0.25) is 4.98 Å². The van der Waals surface area contributed by atoms with Crippen LogP contribution < -0.4 is 5.73 Å². The van der Waals surface area contributed by atoms with Crippen LogP contribution in [0.3, 0.4) is 0 Å². The molecule has 1 saturated carbocycles. The number of rotatable bonds is 1. The molecular weight excluding hydrogens is 196 g/mol. The Morgan fingerprint density at radius 3 is 2.86 bits per heavy atom. The molecule has 1 heterocycles. The van der Waals surface area contributed by atoms with Gasteiger partial charge in [-0.15, -0.1) is 0 Å². The van der Waals surface area contributed by atoms with E-state index in [1.165, 1.54) is 18.4 Å². The molecule has 0 radical (unpaired) electrons. The van der Waals surface area contributed by atoms with Gasteiger partial charge in [0.05, 0.1) is 5.02 Å². The standard InChI is InChI=1S/C11H15ClN2/c12-10-7-14-6-5-8(10)9-3-1-2-4-11(9)13/h5-7,9,11H,1-4,13H2. The molecule has 2 atom stereocenters. The Hall–Kier alpha value is -0.600. The second-order valence-electron chi connectivity index (χ2n) is 3.95. The lowest BCUT2D eigenvalue weighted by Crippen LogP contribution is -2.31. The van der Waals surface area contributed by atoms with Gasteiger partial charge in [0.25, 0.3) is 0 Å². The zero-order chi connectivity index (χ0) is 9.97. The van der Waals surface area contributed by atoms with Crippen molar-refractivity contribution in [3.05, 3.63) is 29.0 Å². The predicted octanol–water partition coefficient (Wildman–Crippen LogP) is 2.72. The first-order valence-corrected chi connectivity index (χ1v) is 5.52. The number of aromatic nitrogens is 1. The summed E-state index contributed by atoms with van der Waals surface area (Å²) in [6.45, 7) is 0. The Labute approximate surface area is 89.5 Å². The van der Waals surface area contributed by atoms with E-state index < -0.39 is 0 Å². The zero-order valence-corrected chi connectivity index (χ0v) is 8.87. The second kappa shape index (κ2) is 4.28. The fraction of sp³-hybridized carbons (Fsp3) is 0.545. The molecule has 0 amide bonds. The minimum atomic E-state index is 0.267. The lowest BCUT2D eigenvalue weighted by molar-refractivity contribution is 0.385. The average molecular weight is 211 g/mol. The number of pyridine rings is 1. The van der Waals surface area contributed by atoms with Gasteiger partial charge in [0, 0.05) is 24.4 Å². The van der Waals surface area contributed by atoms with Gasteiger partial charge in [0.2, 0.25) is 0 Å². The fourth-order valence-electron chi connectivity index (χ4n) is 2.23. The highest BCUT2D eigenvalue weighted by Crippen LogP contribution is 2.34. The molecule has 0 bridgehead atoms. The molecule has 2 N–H and O–H groups in total. The van der Waals surface area contributed by atoms with Crippen LogP contribution in [0.1, 0.15) is 37.2 Å². The first-order chi connectivity index (χ1) is 6.79. The number of halogens is 1. The van der Waals surface area contributed by atoms with Gasteiger partial charge in [0.15, 0.2) is 0 Å². The summed E-state index contributed by atoms with van der Waals surface area (Å²) in [5, 5.41) is 0.759. The Bertz CT molecular complexity index is 314. The summed E-state index contributed by atoms with van der Waals surface area (Å²) in [5.41, 5.74) is 7.28. The number of hydrogen-bond donors (Lipinski definition) is 1. The average Bonchev–Trinajstić information content (AvgIpc) is 2.20. The van der Waals surface area contributed by atoms with Gasteiger partial charge >= 0.3 is 0 Å². The molecule has 76 valence electrons. The van der Waals surface area contributed by atoms with Crippen LogP contribution in [0.4, 0.5) is 0 Å². The van der Waals surface area contributed by atoms with Gasteiger partial charge in [-0.05, 0) is 24.5 Å². The molecule has 14 heavy (non-hydrogen) atoms. The maximum Gasteiger partial charge on any atom is 0.0624 e. The number of hydrogen-bond acceptors (Lipinski definition) is 2. The van der Waals surface area contributed by atoms with Crippen LogP contribution in [-0.2, 0) is 0 Å².